The Balaban J connectivity index is 2.61. The van der Waals surface area contributed by atoms with E-state index in [1.165, 1.54) is 0 Å². The first-order valence-electron chi connectivity index (χ1n) is 5.59. The molecular weight excluding hydrogens is 192 g/mol. The molecule has 2 N–H and O–H groups in total. The Bertz CT molecular complexity index is 229. The topological polar surface area (TPSA) is 56.6 Å². The van der Waals surface area contributed by atoms with E-state index in [2.05, 4.69) is 6.92 Å². The van der Waals surface area contributed by atoms with Gasteiger partial charge in [0.25, 0.3) is 0 Å². The average Bonchev–Trinajstić information content (AvgIpc) is 2.15. The van der Waals surface area contributed by atoms with Crippen LogP contribution >= 0.6 is 0 Å². The Hall–Kier alpha value is -0.610. The zero-order valence-electron chi connectivity index (χ0n) is 9.92. The van der Waals surface area contributed by atoms with Crippen LogP contribution in [0.5, 0.6) is 0 Å². The minimum Gasteiger partial charge on any atom is -0.394 e. The molecule has 1 unspecified atom stereocenters. The van der Waals surface area contributed by atoms with Crippen molar-refractivity contribution in [3.63, 3.8) is 0 Å². The highest BCUT2D eigenvalue weighted by molar-refractivity contribution is 5.79. The van der Waals surface area contributed by atoms with Crippen LogP contribution < -0.4 is 0 Å². The van der Waals surface area contributed by atoms with E-state index in [9.17, 15) is 0 Å². The summed E-state index contributed by atoms with van der Waals surface area (Å²) < 4.78 is 5.69. The van der Waals surface area contributed by atoms with Gasteiger partial charge in [0.2, 0.25) is 0 Å². The molecule has 1 fully saturated rings. The third-order valence-electron chi connectivity index (χ3n) is 2.55. The molecule has 15 heavy (non-hydrogen) atoms. The van der Waals surface area contributed by atoms with Crippen LogP contribution in [0.2, 0.25) is 0 Å². The van der Waals surface area contributed by atoms with Crippen molar-refractivity contribution < 1.29 is 9.84 Å². The third kappa shape index (κ3) is 3.47. The van der Waals surface area contributed by atoms with Crippen molar-refractivity contribution in [1.29, 1.82) is 5.41 Å². The van der Waals surface area contributed by atoms with Gasteiger partial charge >= 0.3 is 0 Å². The number of aliphatic hydroxyl groups excluding tert-OH is 1. The van der Waals surface area contributed by atoms with E-state index in [0.717, 1.165) is 19.4 Å². The lowest BCUT2D eigenvalue weighted by molar-refractivity contribution is -0.135. The number of nitrogens with zero attached hydrogens (tertiary/aromatic N) is 1. The van der Waals surface area contributed by atoms with Crippen molar-refractivity contribution in [1.82, 2.24) is 4.90 Å². The molecule has 0 aromatic heterocycles. The van der Waals surface area contributed by atoms with Gasteiger partial charge in [-0.3, -0.25) is 5.41 Å². The van der Waals surface area contributed by atoms with E-state index in [0.29, 0.717) is 12.4 Å². The Morgan fingerprint density at radius 1 is 1.60 bits per heavy atom. The van der Waals surface area contributed by atoms with Gasteiger partial charge in [-0.05, 0) is 20.3 Å². The number of hydrogen-bond donors (Lipinski definition) is 2. The molecule has 1 saturated heterocycles. The average molecular weight is 214 g/mol. The Morgan fingerprint density at radius 2 is 2.27 bits per heavy atom. The lowest BCUT2D eigenvalue weighted by Crippen LogP contribution is -2.55. The van der Waals surface area contributed by atoms with Crippen LogP contribution in [0.25, 0.3) is 0 Å². The standard InChI is InChI=1S/C11H22N2O2/c1-4-5-10(12)13-6-9(7-14)15-11(2,3)8-13/h9,12,14H,4-8H2,1-3H3. The number of amidine groups is 1. The van der Waals surface area contributed by atoms with Gasteiger partial charge in [0.05, 0.1) is 24.1 Å². The van der Waals surface area contributed by atoms with E-state index in [-0.39, 0.29) is 18.3 Å². The summed E-state index contributed by atoms with van der Waals surface area (Å²) in [5.41, 5.74) is -0.272. The molecule has 88 valence electrons. The molecule has 4 nitrogen and oxygen atoms in total. The fourth-order valence-electron chi connectivity index (χ4n) is 1.99. The summed E-state index contributed by atoms with van der Waals surface area (Å²) in [7, 11) is 0. The number of morpholine rings is 1. The Kier molecular flexibility index (Phi) is 4.11. The monoisotopic (exact) mass is 214 g/mol. The van der Waals surface area contributed by atoms with Gasteiger partial charge in [0.1, 0.15) is 0 Å². The highest BCUT2D eigenvalue weighted by Crippen LogP contribution is 2.21. The zero-order chi connectivity index (χ0) is 11.5. The largest absolute Gasteiger partial charge is 0.394 e. The molecule has 1 rings (SSSR count). The van der Waals surface area contributed by atoms with E-state index in [1.807, 2.05) is 18.7 Å². The lowest BCUT2D eigenvalue weighted by Gasteiger charge is -2.43. The number of hydrogen-bond acceptors (Lipinski definition) is 3. The molecule has 0 bridgehead atoms. The molecule has 1 aliphatic heterocycles. The molecule has 1 heterocycles. The van der Waals surface area contributed by atoms with Crippen LogP contribution in [-0.4, -0.2) is 47.2 Å². The molecule has 0 aromatic carbocycles. The van der Waals surface area contributed by atoms with E-state index < -0.39 is 0 Å². The van der Waals surface area contributed by atoms with Crippen LogP contribution in [0, 0.1) is 5.41 Å². The van der Waals surface area contributed by atoms with Gasteiger partial charge in [-0.25, -0.2) is 0 Å². The maximum Gasteiger partial charge on any atom is 0.0988 e. The summed E-state index contributed by atoms with van der Waals surface area (Å²) >= 11 is 0. The molecule has 1 atom stereocenters. The summed E-state index contributed by atoms with van der Waals surface area (Å²) in [6.45, 7) is 7.48. The van der Waals surface area contributed by atoms with Gasteiger partial charge in [0.15, 0.2) is 0 Å². The van der Waals surface area contributed by atoms with Crippen LogP contribution in [0.4, 0.5) is 0 Å². The predicted molar refractivity (Wildman–Crippen MR) is 60.2 cm³/mol. The van der Waals surface area contributed by atoms with E-state index >= 15 is 0 Å². The summed E-state index contributed by atoms with van der Waals surface area (Å²) in [5, 5.41) is 17.0. The normalized spacial score (nSPS) is 25.3. The van der Waals surface area contributed by atoms with Gasteiger partial charge < -0.3 is 14.7 Å². The second-order valence-electron chi connectivity index (χ2n) is 4.76. The molecule has 0 aromatic rings. The van der Waals surface area contributed by atoms with E-state index in [4.69, 9.17) is 15.3 Å². The predicted octanol–water partition coefficient (Wildman–Crippen LogP) is 1.24. The summed E-state index contributed by atoms with van der Waals surface area (Å²) in [5.74, 6) is 0.660. The minimum absolute atomic E-state index is 0.0271. The molecule has 4 heteroatoms. The summed E-state index contributed by atoms with van der Waals surface area (Å²) in [4.78, 5) is 2.02. The molecule has 0 radical (unpaired) electrons. The summed E-state index contributed by atoms with van der Waals surface area (Å²) in [6.07, 6.45) is 1.63. The number of rotatable bonds is 3. The molecule has 0 spiro atoms. The molecule has 0 aliphatic carbocycles. The molecule has 1 aliphatic rings. The fourth-order valence-corrected chi connectivity index (χ4v) is 1.99. The second-order valence-corrected chi connectivity index (χ2v) is 4.76. The number of aliphatic hydroxyl groups is 1. The SMILES string of the molecule is CCCC(=N)N1CC(CO)OC(C)(C)C1. The van der Waals surface area contributed by atoms with Gasteiger partial charge in [-0.1, -0.05) is 6.92 Å². The van der Waals surface area contributed by atoms with Crippen molar-refractivity contribution in [2.24, 2.45) is 0 Å². The van der Waals surface area contributed by atoms with E-state index in [1.54, 1.807) is 0 Å². The first kappa shape index (κ1) is 12.5. The molecule has 0 saturated carbocycles. The highest BCUT2D eigenvalue weighted by Gasteiger charge is 2.33. The smallest absolute Gasteiger partial charge is 0.0988 e. The van der Waals surface area contributed by atoms with Crippen LogP contribution in [0.15, 0.2) is 0 Å². The number of nitrogens with one attached hydrogen (secondary N) is 1. The van der Waals surface area contributed by atoms with Gasteiger partial charge in [-0.2, -0.15) is 0 Å². The molecule has 0 amide bonds. The lowest BCUT2D eigenvalue weighted by atomic mass is 10.0. The minimum atomic E-state index is -0.272. The van der Waals surface area contributed by atoms with Crippen molar-refractivity contribution in [3.8, 4) is 0 Å². The Morgan fingerprint density at radius 3 is 2.80 bits per heavy atom. The maximum absolute atomic E-state index is 9.13. The van der Waals surface area contributed by atoms with Crippen LogP contribution in [0.1, 0.15) is 33.6 Å². The summed E-state index contributed by atoms with van der Waals surface area (Å²) in [6, 6.07) is 0. The van der Waals surface area contributed by atoms with Crippen molar-refractivity contribution in [2.75, 3.05) is 19.7 Å². The van der Waals surface area contributed by atoms with Crippen molar-refractivity contribution >= 4 is 5.84 Å². The van der Waals surface area contributed by atoms with Crippen LogP contribution in [-0.2, 0) is 4.74 Å². The van der Waals surface area contributed by atoms with Crippen LogP contribution in [0.3, 0.4) is 0 Å². The first-order valence-corrected chi connectivity index (χ1v) is 5.59. The Labute approximate surface area is 91.7 Å². The first-order chi connectivity index (χ1) is 6.98. The zero-order valence-corrected chi connectivity index (χ0v) is 9.92. The van der Waals surface area contributed by atoms with Gasteiger partial charge in [-0.15, -0.1) is 0 Å². The highest BCUT2D eigenvalue weighted by atomic mass is 16.5. The maximum atomic E-state index is 9.13. The second kappa shape index (κ2) is 4.94. The fraction of sp³-hybridized carbons (Fsp3) is 0.909. The molecular formula is C11H22N2O2. The van der Waals surface area contributed by atoms with Gasteiger partial charge in [0, 0.05) is 19.5 Å². The third-order valence-corrected chi connectivity index (χ3v) is 2.55. The van der Waals surface area contributed by atoms with Crippen molar-refractivity contribution in [2.45, 2.75) is 45.3 Å². The quantitative estimate of drug-likeness (QED) is 0.549. The van der Waals surface area contributed by atoms with Crippen molar-refractivity contribution in [3.05, 3.63) is 0 Å². The number of ether oxygens (including phenoxy) is 1.